The van der Waals surface area contributed by atoms with Crippen LogP contribution in [0.1, 0.15) is 38.7 Å². The predicted octanol–water partition coefficient (Wildman–Crippen LogP) is 3.96. The Morgan fingerprint density at radius 3 is 2.61 bits per heavy atom. The van der Waals surface area contributed by atoms with Crippen LogP contribution in [0.5, 0.6) is 0 Å². The Hall–Kier alpha value is -0.380. The van der Waals surface area contributed by atoms with Crippen molar-refractivity contribution in [2.75, 3.05) is 20.3 Å². The summed E-state index contributed by atoms with van der Waals surface area (Å²) in [6.45, 7) is 8.36. The van der Waals surface area contributed by atoms with E-state index in [9.17, 15) is 0 Å². The van der Waals surface area contributed by atoms with E-state index in [0.717, 1.165) is 24.0 Å². The van der Waals surface area contributed by atoms with Gasteiger partial charge < -0.3 is 10.1 Å². The van der Waals surface area contributed by atoms with Crippen molar-refractivity contribution in [1.82, 2.24) is 5.32 Å². The quantitative estimate of drug-likeness (QED) is 0.858. The molecule has 1 aromatic rings. The van der Waals surface area contributed by atoms with E-state index in [1.165, 1.54) is 5.56 Å². The number of rotatable bonds is 6. The molecule has 2 nitrogen and oxygen atoms in total. The van der Waals surface area contributed by atoms with Crippen molar-refractivity contribution in [3.63, 3.8) is 0 Å². The zero-order valence-electron chi connectivity index (χ0n) is 11.8. The van der Waals surface area contributed by atoms with Crippen molar-refractivity contribution >= 4 is 15.9 Å². The van der Waals surface area contributed by atoms with Crippen LogP contribution in [0.15, 0.2) is 28.7 Å². The smallest absolute Gasteiger partial charge is 0.0468 e. The van der Waals surface area contributed by atoms with E-state index in [-0.39, 0.29) is 5.54 Å². The first-order chi connectivity index (χ1) is 8.42. The molecule has 0 radical (unpaired) electrons. The molecule has 0 heterocycles. The Bertz CT molecular complexity index is 360. The minimum absolute atomic E-state index is 0.150. The van der Waals surface area contributed by atoms with E-state index in [4.69, 9.17) is 4.74 Å². The number of hydrogen-bond donors (Lipinski definition) is 1. The largest absolute Gasteiger partial charge is 0.385 e. The van der Waals surface area contributed by atoms with Gasteiger partial charge in [0.2, 0.25) is 0 Å². The van der Waals surface area contributed by atoms with Crippen molar-refractivity contribution in [1.29, 1.82) is 0 Å². The molecule has 0 fully saturated rings. The summed E-state index contributed by atoms with van der Waals surface area (Å²) in [6.07, 6.45) is 1.04. The highest BCUT2D eigenvalue weighted by atomic mass is 79.9. The number of hydrogen-bond acceptors (Lipinski definition) is 2. The fraction of sp³-hybridized carbons (Fsp3) is 0.600. The average Bonchev–Trinajstić information content (AvgIpc) is 2.28. The van der Waals surface area contributed by atoms with Crippen molar-refractivity contribution in [2.45, 2.75) is 38.6 Å². The second-order valence-electron chi connectivity index (χ2n) is 5.66. The van der Waals surface area contributed by atoms with Crippen LogP contribution >= 0.6 is 15.9 Å². The molecular formula is C15H24BrNO. The minimum atomic E-state index is 0.150. The standard InChI is InChI=1S/C15H24BrNO/c1-15(2,3)17-11-13(8-9-18-4)12-6-5-7-14(16)10-12/h5-7,10,13,17H,8-9,11H2,1-4H3. The van der Waals surface area contributed by atoms with E-state index in [0.29, 0.717) is 5.92 Å². The summed E-state index contributed by atoms with van der Waals surface area (Å²) in [5, 5.41) is 3.58. The molecule has 0 aliphatic heterocycles. The second kappa shape index (κ2) is 7.27. The average molecular weight is 314 g/mol. The van der Waals surface area contributed by atoms with E-state index in [1.54, 1.807) is 7.11 Å². The first-order valence-electron chi connectivity index (χ1n) is 6.42. The maximum atomic E-state index is 5.22. The number of benzene rings is 1. The Morgan fingerprint density at radius 1 is 1.33 bits per heavy atom. The van der Waals surface area contributed by atoms with Crippen LogP contribution in [0, 0.1) is 0 Å². The molecule has 1 N–H and O–H groups in total. The molecule has 1 rings (SSSR count). The SMILES string of the molecule is COCCC(CNC(C)(C)C)c1cccc(Br)c1. The van der Waals surface area contributed by atoms with Gasteiger partial charge in [-0.2, -0.15) is 0 Å². The molecule has 1 aromatic carbocycles. The summed E-state index contributed by atoms with van der Waals surface area (Å²) in [4.78, 5) is 0. The lowest BCUT2D eigenvalue weighted by Crippen LogP contribution is -2.38. The highest BCUT2D eigenvalue weighted by molar-refractivity contribution is 9.10. The van der Waals surface area contributed by atoms with Crippen molar-refractivity contribution < 1.29 is 4.74 Å². The zero-order chi connectivity index (χ0) is 13.6. The second-order valence-corrected chi connectivity index (χ2v) is 6.58. The number of ether oxygens (including phenoxy) is 1. The molecule has 1 atom stereocenters. The molecule has 0 spiro atoms. The molecule has 1 unspecified atom stereocenters. The summed E-state index contributed by atoms with van der Waals surface area (Å²) in [7, 11) is 1.76. The Balaban J connectivity index is 2.71. The van der Waals surface area contributed by atoms with Gasteiger partial charge in [0.1, 0.15) is 0 Å². The summed E-state index contributed by atoms with van der Waals surface area (Å²) in [6, 6.07) is 8.55. The lowest BCUT2D eigenvalue weighted by Gasteiger charge is -2.25. The minimum Gasteiger partial charge on any atom is -0.385 e. The zero-order valence-corrected chi connectivity index (χ0v) is 13.4. The van der Waals surface area contributed by atoms with Crippen LogP contribution in [0.25, 0.3) is 0 Å². The van der Waals surface area contributed by atoms with Crippen LogP contribution in [0.4, 0.5) is 0 Å². The molecule has 0 aromatic heterocycles. The van der Waals surface area contributed by atoms with Crippen LogP contribution < -0.4 is 5.32 Å². The van der Waals surface area contributed by atoms with Gasteiger partial charge in [0.25, 0.3) is 0 Å². The van der Waals surface area contributed by atoms with E-state index in [1.807, 2.05) is 0 Å². The molecular weight excluding hydrogens is 290 g/mol. The molecule has 0 bridgehead atoms. The van der Waals surface area contributed by atoms with Gasteiger partial charge >= 0.3 is 0 Å². The molecule has 0 saturated carbocycles. The molecule has 18 heavy (non-hydrogen) atoms. The van der Waals surface area contributed by atoms with Crippen LogP contribution in [-0.4, -0.2) is 25.8 Å². The van der Waals surface area contributed by atoms with Gasteiger partial charge in [-0.15, -0.1) is 0 Å². The summed E-state index contributed by atoms with van der Waals surface area (Å²) < 4.78 is 6.35. The van der Waals surface area contributed by atoms with Gasteiger partial charge in [-0.05, 0) is 50.8 Å². The molecule has 0 aliphatic carbocycles. The predicted molar refractivity (Wildman–Crippen MR) is 81.1 cm³/mol. The number of halogens is 1. The fourth-order valence-corrected chi connectivity index (χ4v) is 2.25. The summed E-state index contributed by atoms with van der Waals surface area (Å²) >= 11 is 3.54. The van der Waals surface area contributed by atoms with Gasteiger partial charge in [-0.3, -0.25) is 0 Å². The monoisotopic (exact) mass is 313 g/mol. The highest BCUT2D eigenvalue weighted by Crippen LogP contribution is 2.23. The molecule has 102 valence electrons. The first-order valence-corrected chi connectivity index (χ1v) is 7.21. The van der Waals surface area contributed by atoms with Crippen molar-refractivity contribution in [3.8, 4) is 0 Å². The lowest BCUT2D eigenvalue weighted by molar-refractivity contribution is 0.185. The first kappa shape index (κ1) is 15.7. The van der Waals surface area contributed by atoms with Gasteiger partial charge in [-0.1, -0.05) is 28.1 Å². The van der Waals surface area contributed by atoms with Gasteiger partial charge in [-0.25, -0.2) is 0 Å². The summed E-state index contributed by atoms with van der Waals surface area (Å²) in [5.74, 6) is 0.488. The molecule has 0 aliphatic rings. The third-order valence-electron chi connectivity index (χ3n) is 2.87. The Labute approximate surface area is 119 Å². The maximum Gasteiger partial charge on any atom is 0.0468 e. The topological polar surface area (TPSA) is 21.3 Å². The molecule has 0 amide bonds. The van der Waals surface area contributed by atoms with Crippen molar-refractivity contribution in [3.05, 3.63) is 34.3 Å². The van der Waals surface area contributed by atoms with Crippen molar-refractivity contribution in [2.24, 2.45) is 0 Å². The maximum absolute atomic E-state index is 5.22. The number of methoxy groups -OCH3 is 1. The highest BCUT2D eigenvalue weighted by Gasteiger charge is 2.16. The Kier molecular flexibility index (Phi) is 6.33. The number of nitrogens with one attached hydrogen (secondary N) is 1. The lowest BCUT2D eigenvalue weighted by atomic mass is 9.95. The Morgan fingerprint density at radius 2 is 2.06 bits per heavy atom. The molecule has 3 heteroatoms. The molecule has 0 saturated heterocycles. The normalized spacial score (nSPS) is 13.6. The third-order valence-corrected chi connectivity index (χ3v) is 3.36. The fourth-order valence-electron chi connectivity index (χ4n) is 1.84. The van der Waals surface area contributed by atoms with Gasteiger partial charge in [0.05, 0.1) is 0 Å². The van der Waals surface area contributed by atoms with Gasteiger partial charge in [0, 0.05) is 30.3 Å². The van der Waals surface area contributed by atoms with E-state index >= 15 is 0 Å². The van der Waals surface area contributed by atoms with Crippen LogP contribution in [0.2, 0.25) is 0 Å². The van der Waals surface area contributed by atoms with E-state index in [2.05, 4.69) is 66.3 Å². The van der Waals surface area contributed by atoms with Crippen LogP contribution in [-0.2, 0) is 4.74 Å². The van der Waals surface area contributed by atoms with Crippen LogP contribution in [0.3, 0.4) is 0 Å². The third kappa shape index (κ3) is 5.98. The van der Waals surface area contributed by atoms with Gasteiger partial charge in [0.15, 0.2) is 0 Å². The summed E-state index contributed by atoms with van der Waals surface area (Å²) in [5.41, 5.74) is 1.51. The van der Waals surface area contributed by atoms with E-state index < -0.39 is 0 Å².